The Morgan fingerprint density at radius 3 is 2.53 bits per heavy atom. The first-order valence-corrected chi connectivity index (χ1v) is 5.65. The van der Waals surface area contributed by atoms with E-state index in [1.165, 1.54) is 12.1 Å². The molecule has 0 bridgehead atoms. The SMILES string of the molecule is O=C([O-])c1nc(Br)ccc1C[SH](=O)=O.[K+]. The molecule has 0 spiro atoms. The van der Waals surface area contributed by atoms with Gasteiger partial charge >= 0.3 is 51.4 Å². The number of carboxylic acid groups (broad SMARTS) is 1. The Morgan fingerprint density at radius 1 is 1.47 bits per heavy atom. The van der Waals surface area contributed by atoms with E-state index in [-0.39, 0.29) is 68.4 Å². The molecule has 1 heterocycles. The zero-order valence-corrected chi connectivity index (χ0v) is 13.4. The van der Waals surface area contributed by atoms with Crippen LogP contribution in [0.3, 0.4) is 0 Å². The van der Waals surface area contributed by atoms with Crippen LogP contribution in [0.1, 0.15) is 16.1 Å². The molecule has 0 atom stereocenters. The molecule has 0 saturated carbocycles. The Morgan fingerprint density at radius 2 is 2.07 bits per heavy atom. The maximum absolute atomic E-state index is 10.6. The summed E-state index contributed by atoms with van der Waals surface area (Å²) in [5.74, 6) is -1.84. The predicted molar refractivity (Wildman–Crippen MR) is 50.3 cm³/mol. The van der Waals surface area contributed by atoms with Gasteiger partial charge in [-0.15, -0.1) is 0 Å². The fraction of sp³-hybridized carbons (Fsp3) is 0.143. The van der Waals surface area contributed by atoms with Gasteiger partial charge in [-0.05, 0) is 27.6 Å². The van der Waals surface area contributed by atoms with E-state index in [1.807, 2.05) is 0 Å². The van der Waals surface area contributed by atoms with Gasteiger partial charge in [-0.25, -0.2) is 13.4 Å². The number of carbonyl (C=O) groups excluding carboxylic acids is 1. The summed E-state index contributed by atoms with van der Waals surface area (Å²) in [5, 5.41) is 10.6. The first-order valence-electron chi connectivity index (χ1n) is 3.49. The van der Waals surface area contributed by atoms with Crippen LogP contribution in [0.2, 0.25) is 0 Å². The van der Waals surface area contributed by atoms with Crippen molar-refractivity contribution in [2.24, 2.45) is 0 Å². The van der Waals surface area contributed by atoms with Gasteiger partial charge in [-0.2, -0.15) is 0 Å². The number of halogens is 1. The van der Waals surface area contributed by atoms with Crippen LogP contribution in [-0.2, 0) is 16.5 Å². The summed E-state index contributed by atoms with van der Waals surface area (Å²) in [4.78, 5) is 14.2. The number of aromatic nitrogens is 1. The molecule has 0 aromatic carbocycles. The van der Waals surface area contributed by atoms with E-state index >= 15 is 0 Å². The molecule has 0 unspecified atom stereocenters. The third kappa shape index (κ3) is 5.03. The fourth-order valence-corrected chi connectivity index (χ4v) is 1.75. The number of carbonyl (C=O) groups is 1. The van der Waals surface area contributed by atoms with Crippen LogP contribution in [0.5, 0.6) is 0 Å². The number of thiol groups is 1. The normalized spacial score (nSPS) is 9.73. The molecule has 5 nitrogen and oxygen atoms in total. The topological polar surface area (TPSA) is 87.2 Å². The summed E-state index contributed by atoms with van der Waals surface area (Å²) in [6, 6.07) is 2.86. The molecule has 1 aromatic heterocycles. The molecule has 0 amide bonds. The maximum atomic E-state index is 10.6. The summed E-state index contributed by atoms with van der Waals surface area (Å²) in [5.41, 5.74) is -0.220. The monoisotopic (exact) mass is 317 g/mol. The van der Waals surface area contributed by atoms with Gasteiger partial charge in [0.15, 0.2) is 0 Å². The molecule has 8 heteroatoms. The fourth-order valence-electron chi connectivity index (χ4n) is 0.908. The molecule has 15 heavy (non-hydrogen) atoms. The van der Waals surface area contributed by atoms with Crippen LogP contribution in [0.4, 0.5) is 0 Å². The van der Waals surface area contributed by atoms with Gasteiger partial charge in [0, 0.05) is 0 Å². The van der Waals surface area contributed by atoms with E-state index in [1.54, 1.807) is 0 Å². The molecular weight excluding hydrogens is 313 g/mol. The third-order valence-corrected chi connectivity index (χ3v) is 2.48. The van der Waals surface area contributed by atoms with Crippen LogP contribution < -0.4 is 56.5 Å². The minimum atomic E-state index is -2.67. The van der Waals surface area contributed by atoms with E-state index in [0.29, 0.717) is 4.60 Å². The van der Waals surface area contributed by atoms with Gasteiger partial charge in [-0.3, -0.25) is 0 Å². The van der Waals surface area contributed by atoms with Gasteiger partial charge in [0.1, 0.15) is 15.3 Å². The Kier molecular flexibility index (Phi) is 7.42. The maximum Gasteiger partial charge on any atom is 1.00 e. The van der Waals surface area contributed by atoms with Crippen molar-refractivity contribution in [3.05, 3.63) is 28.0 Å². The molecule has 0 aliphatic carbocycles. The Bertz CT molecular complexity index is 441. The molecule has 0 saturated heterocycles. The van der Waals surface area contributed by atoms with Crippen LogP contribution in [0, 0.1) is 0 Å². The summed E-state index contributed by atoms with van der Waals surface area (Å²) >= 11 is 2.98. The molecule has 1 aromatic rings. The van der Waals surface area contributed by atoms with Gasteiger partial charge in [0.05, 0.1) is 17.4 Å². The van der Waals surface area contributed by atoms with Crippen molar-refractivity contribution in [3.8, 4) is 0 Å². The number of hydrogen-bond donors (Lipinski definition) is 1. The average molecular weight is 318 g/mol. The first kappa shape index (κ1) is 15.7. The molecule has 1 rings (SSSR count). The summed E-state index contributed by atoms with van der Waals surface area (Å²) < 4.78 is 21.1. The summed E-state index contributed by atoms with van der Waals surface area (Å²) in [6.07, 6.45) is 0. The largest absolute Gasteiger partial charge is 1.00 e. The second-order valence-corrected chi connectivity index (χ2v) is 4.21. The summed E-state index contributed by atoms with van der Waals surface area (Å²) in [7, 11) is -2.67. The number of nitrogens with zero attached hydrogens (tertiary/aromatic N) is 1. The summed E-state index contributed by atoms with van der Waals surface area (Å²) in [6.45, 7) is 0. The number of aromatic carboxylic acids is 1. The minimum absolute atomic E-state index is 0. The molecular formula is C7H5BrKNO4S. The second-order valence-electron chi connectivity index (χ2n) is 2.42. The Labute approximate surface area is 139 Å². The number of rotatable bonds is 3. The van der Waals surface area contributed by atoms with E-state index < -0.39 is 16.7 Å². The Hall–Kier alpha value is 0.686. The van der Waals surface area contributed by atoms with Crippen molar-refractivity contribution >= 4 is 32.6 Å². The number of carboxylic acids is 1. The van der Waals surface area contributed by atoms with Gasteiger partial charge in [0.25, 0.3) is 0 Å². The van der Waals surface area contributed by atoms with Crippen molar-refractivity contribution < 1.29 is 69.7 Å². The molecule has 0 N–H and O–H groups in total. The van der Waals surface area contributed by atoms with E-state index in [0.717, 1.165) is 0 Å². The van der Waals surface area contributed by atoms with Gasteiger partial charge < -0.3 is 9.90 Å². The zero-order valence-electron chi connectivity index (χ0n) is 7.77. The molecule has 0 aliphatic rings. The van der Waals surface area contributed by atoms with E-state index in [9.17, 15) is 18.3 Å². The predicted octanol–water partition coefficient (Wildman–Crippen LogP) is -3.68. The Balaban J connectivity index is 0.00000196. The van der Waals surface area contributed by atoms with Crippen molar-refractivity contribution in [2.45, 2.75) is 5.75 Å². The van der Waals surface area contributed by atoms with Gasteiger partial charge in [0.2, 0.25) is 0 Å². The van der Waals surface area contributed by atoms with Crippen LogP contribution in [0.25, 0.3) is 0 Å². The van der Waals surface area contributed by atoms with Gasteiger partial charge in [-0.1, -0.05) is 6.07 Å². The van der Waals surface area contributed by atoms with Crippen molar-refractivity contribution in [1.82, 2.24) is 4.98 Å². The van der Waals surface area contributed by atoms with Crippen molar-refractivity contribution in [3.63, 3.8) is 0 Å². The number of hydrogen-bond acceptors (Lipinski definition) is 5. The van der Waals surface area contributed by atoms with Crippen molar-refractivity contribution in [2.75, 3.05) is 0 Å². The van der Waals surface area contributed by atoms with Crippen molar-refractivity contribution in [1.29, 1.82) is 0 Å². The first-order chi connectivity index (χ1) is 6.50. The van der Waals surface area contributed by atoms with Crippen LogP contribution in [-0.4, -0.2) is 19.4 Å². The molecule has 0 aliphatic heterocycles. The van der Waals surface area contributed by atoms with E-state index in [4.69, 9.17) is 0 Å². The average Bonchev–Trinajstić information content (AvgIpc) is 2.07. The number of pyridine rings is 1. The van der Waals surface area contributed by atoms with E-state index in [2.05, 4.69) is 20.9 Å². The standard InChI is InChI=1S/C7H6BrNO4S.K/c8-5-2-1-4(3-14(12)13)6(9-5)7(10)11;/h1-2,14H,3H2,(H,10,11);/q;+1/p-1. The van der Waals surface area contributed by atoms with Crippen LogP contribution >= 0.6 is 15.9 Å². The second kappa shape index (κ2) is 7.10. The molecule has 0 radical (unpaired) electrons. The third-order valence-electron chi connectivity index (χ3n) is 1.44. The molecule has 0 fully saturated rings. The quantitative estimate of drug-likeness (QED) is 0.352. The zero-order chi connectivity index (χ0) is 10.7. The van der Waals surface area contributed by atoms with Crippen LogP contribution in [0.15, 0.2) is 16.7 Å². The molecule has 76 valence electrons. The smallest absolute Gasteiger partial charge is 0.543 e. The minimum Gasteiger partial charge on any atom is -0.543 e.